The van der Waals surface area contributed by atoms with Gasteiger partial charge in [-0.15, -0.1) is 0 Å². The van der Waals surface area contributed by atoms with Crippen molar-refractivity contribution < 1.29 is 0 Å². The summed E-state index contributed by atoms with van der Waals surface area (Å²) in [5.41, 5.74) is 18.3. The second-order valence-corrected chi connectivity index (χ2v) is 22.9. The summed E-state index contributed by atoms with van der Waals surface area (Å²) in [4.78, 5) is 14.5. The molecular formula is C75H99N3. The molecule has 3 nitrogen and oxygen atoms in total. The second-order valence-electron chi connectivity index (χ2n) is 22.9. The van der Waals surface area contributed by atoms with Crippen LogP contribution in [0.5, 0.6) is 0 Å². The Morgan fingerprint density at radius 3 is 0.628 bits per heavy atom. The third-order valence-corrected chi connectivity index (χ3v) is 16.5. The zero-order valence-corrected chi connectivity index (χ0v) is 49.0. The van der Waals surface area contributed by atoms with Crippen LogP contribution in [-0.4, -0.2) is 15.0 Å². The van der Waals surface area contributed by atoms with E-state index in [0.717, 1.165) is 36.0 Å². The molecule has 3 aromatic heterocycles. The van der Waals surface area contributed by atoms with Crippen molar-refractivity contribution in [1.82, 2.24) is 15.0 Å². The third-order valence-electron chi connectivity index (χ3n) is 16.5. The number of hydrogen-bond donors (Lipinski definition) is 0. The first-order valence-corrected chi connectivity index (χ1v) is 31.9. The zero-order valence-electron chi connectivity index (χ0n) is 49.0. The molecule has 414 valence electrons. The number of pyridine rings is 3. The Hall–Kier alpha value is -5.67. The molecule has 3 heteroatoms. The monoisotopic (exact) mass is 1040 g/mol. The van der Waals surface area contributed by atoms with Gasteiger partial charge in [-0.1, -0.05) is 285 Å². The van der Waals surface area contributed by atoms with E-state index in [9.17, 15) is 0 Å². The molecule has 0 saturated heterocycles. The number of aromatic nitrogens is 3. The molecule has 0 aliphatic heterocycles. The number of benzene rings is 4. The number of hydrogen-bond acceptors (Lipinski definition) is 3. The molecule has 7 aromatic rings. The summed E-state index contributed by atoms with van der Waals surface area (Å²) in [5.74, 6) is 0. The third kappa shape index (κ3) is 19.3. The zero-order chi connectivity index (χ0) is 54.1. The number of aryl methyl sites for hydroxylation is 3. The van der Waals surface area contributed by atoms with Crippen molar-refractivity contribution in [2.45, 2.75) is 233 Å². The predicted octanol–water partition coefficient (Wildman–Crippen LogP) is 23.3. The maximum atomic E-state index is 4.84. The van der Waals surface area contributed by atoms with E-state index in [1.54, 1.807) is 0 Å². The quantitative estimate of drug-likeness (QED) is 0.0361. The summed E-state index contributed by atoms with van der Waals surface area (Å²) < 4.78 is 0. The fourth-order valence-electron chi connectivity index (χ4n) is 12.0. The minimum Gasteiger partial charge on any atom is -0.264 e. The van der Waals surface area contributed by atoms with Gasteiger partial charge >= 0.3 is 0 Å². The summed E-state index contributed by atoms with van der Waals surface area (Å²) in [7, 11) is 0. The molecule has 4 aromatic carbocycles. The molecule has 0 atom stereocenters. The Morgan fingerprint density at radius 1 is 0.218 bits per heavy atom. The minimum atomic E-state index is 1.10. The van der Waals surface area contributed by atoms with Crippen molar-refractivity contribution in [3.63, 3.8) is 0 Å². The van der Waals surface area contributed by atoms with Gasteiger partial charge in [0.25, 0.3) is 0 Å². The summed E-state index contributed by atoms with van der Waals surface area (Å²) in [5, 5.41) is 0. The lowest BCUT2D eigenvalue weighted by Gasteiger charge is -2.28. The minimum absolute atomic E-state index is 1.10. The Labute approximate surface area is 475 Å². The highest BCUT2D eigenvalue weighted by molar-refractivity contribution is 6.14. The molecule has 0 amide bonds. The van der Waals surface area contributed by atoms with E-state index in [4.69, 9.17) is 15.0 Å². The molecule has 0 saturated carbocycles. The van der Waals surface area contributed by atoms with E-state index in [1.807, 2.05) is 18.6 Å². The summed E-state index contributed by atoms with van der Waals surface area (Å²) >= 11 is 0. The van der Waals surface area contributed by atoms with Crippen LogP contribution in [0, 0.1) is 0 Å². The number of unbranched alkanes of at least 4 members (excludes halogenated alkanes) is 27. The van der Waals surface area contributed by atoms with E-state index in [0.29, 0.717) is 0 Å². The summed E-state index contributed by atoms with van der Waals surface area (Å²) in [6.07, 6.45) is 55.8. The largest absolute Gasteiger partial charge is 0.264 e. The topological polar surface area (TPSA) is 38.7 Å². The molecule has 0 aliphatic rings. The van der Waals surface area contributed by atoms with Crippen LogP contribution in [0.1, 0.15) is 230 Å². The average Bonchev–Trinajstić information content (AvgIpc) is 3.63. The fraction of sp³-hybridized carbons (Fsp3) is 0.480. The van der Waals surface area contributed by atoms with Gasteiger partial charge in [-0.2, -0.15) is 0 Å². The van der Waals surface area contributed by atoms with E-state index < -0.39 is 0 Å². The highest BCUT2D eigenvalue weighted by atomic mass is 14.6. The van der Waals surface area contributed by atoms with Gasteiger partial charge in [0.15, 0.2) is 0 Å². The lowest BCUT2D eigenvalue weighted by atomic mass is 9.74. The first-order valence-electron chi connectivity index (χ1n) is 31.9. The molecule has 0 aliphatic carbocycles. The van der Waals surface area contributed by atoms with Gasteiger partial charge in [-0.3, -0.25) is 15.0 Å². The van der Waals surface area contributed by atoms with E-state index in [-0.39, 0.29) is 0 Å². The van der Waals surface area contributed by atoms with Crippen molar-refractivity contribution in [3.05, 3.63) is 163 Å². The Morgan fingerprint density at radius 2 is 0.423 bits per heavy atom. The van der Waals surface area contributed by atoms with Crippen LogP contribution in [0.4, 0.5) is 0 Å². The van der Waals surface area contributed by atoms with Crippen molar-refractivity contribution in [1.29, 1.82) is 0 Å². The molecule has 0 radical (unpaired) electrons. The van der Waals surface area contributed by atoms with Crippen LogP contribution in [0.15, 0.2) is 146 Å². The van der Waals surface area contributed by atoms with Crippen LogP contribution in [-0.2, 0) is 19.3 Å². The predicted molar refractivity (Wildman–Crippen MR) is 339 cm³/mol. The Bertz CT molecular complexity index is 2340. The van der Waals surface area contributed by atoms with E-state index in [1.165, 1.54) is 259 Å². The molecule has 0 N–H and O–H groups in total. The molecule has 3 heterocycles. The lowest BCUT2D eigenvalue weighted by Crippen LogP contribution is -2.03. The molecule has 0 fully saturated rings. The van der Waals surface area contributed by atoms with Gasteiger partial charge < -0.3 is 0 Å². The molecule has 0 bridgehead atoms. The van der Waals surface area contributed by atoms with Crippen molar-refractivity contribution in [3.8, 4) is 66.8 Å². The molecular weight excluding hydrogens is 943 g/mol. The number of nitrogens with zero attached hydrogens (tertiary/aromatic N) is 3. The molecule has 0 spiro atoms. The second kappa shape index (κ2) is 35.8. The van der Waals surface area contributed by atoms with Crippen LogP contribution in [0.25, 0.3) is 66.8 Å². The molecule has 7 rings (SSSR count). The highest BCUT2D eigenvalue weighted by Crippen LogP contribution is 2.55. The van der Waals surface area contributed by atoms with Crippen LogP contribution in [0.2, 0.25) is 0 Å². The van der Waals surface area contributed by atoms with Gasteiger partial charge in [0.05, 0.1) is 0 Å². The van der Waals surface area contributed by atoms with Crippen molar-refractivity contribution >= 4 is 0 Å². The average molecular weight is 1040 g/mol. The highest BCUT2D eigenvalue weighted by Gasteiger charge is 2.29. The van der Waals surface area contributed by atoms with Gasteiger partial charge in [0.2, 0.25) is 0 Å². The smallest absolute Gasteiger partial charge is 0.0346 e. The maximum absolute atomic E-state index is 4.84. The van der Waals surface area contributed by atoms with Crippen LogP contribution < -0.4 is 0 Å². The fourth-order valence-corrected chi connectivity index (χ4v) is 12.0. The van der Waals surface area contributed by atoms with Crippen LogP contribution >= 0.6 is 0 Å². The lowest BCUT2D eigenvalue weighted by molar-refractivity contribution is 0.556. The summed E-state index contributed by atoms with van der Waals surface area (Å²) in [6.45, 7) is 6.91. The first kappa shape index (κ1) is 60.0. The van der Waals surface area contributed by atoms with Crippen molar-refractivity contribution in [2.75, 3.05) is 0 Å². The van der Waals surface area contributed by atoms with Crippen LogP contribution in [0.3, 0.4) is 0 Å². The standard InChI is InChI=1S/C75H99N3/c1-4-7-10-13-16-19-22-25-28-31-37-61-43-49-64(50-44-61)70-73(67-40-34-55-76-58-67)71(65-51-45-62(46-52-65)38-32-29-26-23-20-17-14-11-8-5-2)75(69-42-36-57-78-60-69)72(74(70)68-41-35-56-77-59-68)66-53-47-63(48-54-66)39-33-30-27-24-21-18-15-12-9-6-3/h34-36,40-60H,4-33,37-39H2,1-3H3. The van der Waals surface area contributed by atoms with E-state index >= 15 is 0 Å². The normalized spacial score (nSPS) is 11.4. The molecule has 78 heavy (non-hydrogen) atoms. The SMILES string of the molecule is CCCCCCCCCCCCc1ccc(-c2c(-c3cccnc3)c(-c3ccc(CCCCCCCCCCCC)cc3)c(-c3cccnc3)c(-c3ccc(CCCCCCCCCCCC)cc3)c2-c2cccnc2)cc1. The number of rotatable bonds is 39. The van der Waals surface area contributed by atoms with Crippen molar-refractivity contribution in [2.24, 2.45) is 0 Å². The maximum Gasteiger partial charge on any atom is 0.0346 e. The van der Waals surface area contributed by atoms with Gasteiger partial charge in [0, 0.05) is 70.6 Å². The van der Waals surface area contributed by atoms with Gasteiger partial charge in [-0.25, -0.2) is 0 Å². The Balaban J connectivity index is 1.28. The first-order chi connectivity index (χ1) is 38.7. The summed E-state index contributed by atoms with van der Waals surface area (Å²) in [6, 6.07) is 41.9. The van der Waals surface area contributed by atoms with Gasteiger partial charge in [-0.05, 0) is 107 Å². The van der Waals surface area contributed by atoms with Gasteiger partial charge in [0.1, 0.15) is 0 Å². The Kier molecular flexibility index (Phi) is 27.5. The molecule has 0 unspecified atom stereocenters. The van der Waals surface area contributed by atoms with E-state index in [2.05, 4.69) is 149 Å².